The molecule has 0 radical (unpaired) electrons. The molecule has 56 heavy (non-hydrogen) atoms. The van der Waals surface area contributed by atoms with E-state index in [1.54, 1.807) is 0 Å². The Balaban J connectivity index is 2.38. The molecule has 1 fully saturated rings. The summed E-state index contributed by atoms with van der Waals surface area (Å²) in [6.45, 7) is 3.32. The van der Waals surface area contributed by atoms with Crippen LogP contribution >= 0.6 is 0 Å². The van der Waals surface area contributed by atoms with Gasteiger partial charge in [0.25, 0.3) is 0 Å². The van der Waals surface area contributed by atoms with Crippen molar-refractivity contribution in [2.24, 2.45) is 0 Å². The minimum Gasteiger partial charge on any atom is -0.462 e. The molecule has 0 aromatic heterocycles. The summed E-state index contributed by atoms with van der Waals surface area (Å²) in [6.07, 6.45) is 35.5. The van der Waals surface area contributed by atoms with Gasteiger partial charge in [-0.2, -0.15) is 0 Å². The van der Waals surface area contributed by atoms with Crippen molar-refractivity contribution in [2.75, 3.05) is 19.8 Å². The Hall–Kier alpha value is -2.34. The molecule has 0 aromatic rings. The number of hydrogen-bond acceptors (Lipinski definition) is 10. The van der Waals surface area contributed by atoms with Gasteiger partial charge in [-0.05, 0) is 64.2 Å². The molecule has 0 amide bonds. The number of ether oxygens (including phenoxy) is 4. The second-order valence-corrected chi connectivity index (χ2v) is 15.1. The van der Waals surface area contributed by atoms with E-state index in [-0.39, 0.29) is 26.1 Å². The molecule has 10 heteroatoms. The molecule has 0 bridgehead atoms. The molecule has 1 saturated heterocycles. The van der Waals surface area contributed by atoms with Gasteiger partial charge in [0.15, 0.2) is 12.4 Å². The predicted molar refractivity (Wildman–Crippen MR) is 224 cm³/mol. The van der Waals surface area contributed by atoms with Gasteiger partial charge in [0, 0.05) is 12.8 Å². The fraction of sp³-hybridized carbons (Fsp3) is 0.783. The lowest BCUT2D eigenvalue weighted by Crippen LogP contribution is -2.59. The van der Waals surface area contributed by atoms with Crippen molar-refractivity contribution >= 4 is 11.9 Å². The van der Waals surface area contributed by atoms with Crippen molar-refractivity contribution in [1.82, 2.24) is 0 Å². The zero-order chi connectivity index (χ0) is 40.9. The van der Waals surface area contributed by atoms with E-state index in [0.29, 0.717) is 12.8 Å². The Morgan fingerprint density at radius 3 is 1.59 bits per heavy atom. The summed E-state index contributed by atoms with van der Waals surface area (Å²) >= 11 is 0. The third-order valence-electron chi connectivity index (χ3n) is 9.94. The molecule has 0 aromatic carbocycles. The molecular weight excluding hydrogens is 712 g/mol. The van der Waals surface area contributed by atoms with Crippen LogP contribution in [0.15, 0.2) is 48.6 Å². The van der Waals surface area contributed by atoms with E-state index in [9.17, 15) is 30.0 Å². The first-order valence-electron chi connectivity index (χ1n) is 22.2. The Bertz CT molecular complexity index is 1050. The molecular formula is C46H80O10. The molecule has 4 N–H and O–H groups in total. The highest BCUT2D eigenvalue weighted by atomic mass is 16.7. The maximum atomic E-state index is 12.7. The zero-order valence-corrected chi connectivity index (χ0v) is 35.1. The SMILES string of the molecule is CCCC/C=C/C/C=C/CCCCCCCC(=O)OC[C@H](CO[C@@H]1O[C@H](CO)[C@H](O)C(O)C1O)OC(=O)CCC/C=C/C/C=C/CCCCCCCCCCC. The lowest BCUT2D eigenvalue weighted by atomic mass is 9.99. The molecule has 0 spiro atoms. The van der Waals surface area contributed by atoms with Gasteiger partial charge in [0.2, 0.25) is 0 Å². The highest BCUT2D eigenvalue weighted by molar-refractivity contribution is 5.70. The third-order valence-corrected chi connectivity index (χ3v) is 9.94. The first kappa shape index (κ1) is 51.7. The number of hydrogen-bond donors (Lipinski definition) is 4. The molecule has 1 aliphatic heterocycles. The second-order valence-electron chi connectivity index (χ2n) is 15.1. The van der Waals surface area contributed by atoms with Gasteiger partial charge < -0.3 is 39.4 Å². The van der Waals surface area contributed by atoms with Crippen LogP contribution in [-0.2, 0) is 28.5 Å². The van der Waals surface area contributed by atoms with E-state index < -0.39 is 55.4 Å². The van der Waals surface area contributed by atoms with Gasteiger partial charge in [0.05, 0.1) is 13.2 Å². The van der Waals surface area contributed by atoms with Crippen LogP contribution in [0.3, 0.4) is 0 Å². The number of carbonyl (C=O) groups excluding carboxylic acids is 2. The molecule has 0 saturated carbocycles. The van der Waals surface area contributed by atoms with Gasteiger partial charge >= 0.3 is 11.9 Å². The molecule has 6 atom stereocenters. The third kappa shape index (κ3) is 28.1. The van der Waals surface area contributed by atoms with Crippen molar-refractivity contribution in [3.8, 4) is 0 Å². The quantitative estimate of drug-likeness (QED) is 0.0275. The maximum absolute atomic E-state index is 12.7. The summed E-state index contributed by atoms with van der Waals surface area (Å²) in [5.74, 6) is -0.878. The van der Waals surface area contributed by atoms with Gasteiger partial charge in [-0.3, -0.25) is 9.59 Å². The molecule has 1 aliphatic rings. The molecule has 1 rings (SSSR count). The fourth-order valence-corrected chi connectivity index (χ4v) is 6.36. The number of aliphatic hydroxyl groups is 4. The van der Waals surface area contributed by atoms with E-state index in [4.69, 9.17) is 18.9 Å². The summed E-state index contributed by atoms with van der Waals surface area (Å²) in [5, 5.41) is 40.0. The lowest BCUT2D eigenvalue weighted by molar-refractivity contribution is -0.305. The number of rotatable bonds is 36. The van der Waals surface area contributed by atoms with Crippen molar-refractivity contribution in [1.29, 1.82) is 0 Å². The van der Waals surface area contributed by atoms with Crippen LogP contribution in [-0.4, -0.2) is 89.0 Å². The maximum Gasteiger partial charge on any atom is 0.306 e. The number of unbranched alkanes of at least 4 members (excludes halogenated alkanes) is 17. The van der Waals surface area contributed by atoms with Crippen LogP contribution < -0.4 is 0 Å². The Kier molecular flexibility index (Phi) is 34.1. The van der Waals surface area contributed by atoms with E-state index >= 15 is 0 Å². The smallest absolute Gasteiger partial charge is 0.306 e. The molecule has 1 heterocycles. The first-order chi connectivity index (χ1) is 27.3. The van der Waals surface area contributed by atoms with E-state index in [1.807, 2.05) is 0 Å². The molecule has 324 valence electrons. The van der Waals surface area contributed by atoms with E-state index in [2.05, 4.69) is 62.5 Å². The summed E-state index contributed by atoms with van der Waals surface area (Å²) < 4.78 is 22.1. The van der Waals surface area contributed by atoms with Gasteiger partial charge in [0.1, 0.15) is 31.0 Å². The standard InChI is InChI=1S/C46H80O10/c1-3-5-7-9-11-13-15-17-19-20-21-23-25-27-29-31-33-35-42(49)55-39(38-54-46-45(52)44(51)43(50)40(36-47)56-46)37-53-41(48)34-32-30-28-26-24-22-18-16-14-12-10-8-6-4-2/h10,12,16,18,21,23,27,29,39-40,43-47,50-52H,3-9,11,13-15,17,19-20,22,24-26,28,30-38H2,1-2H3/b12-10+,18-16+,23-21+,29-27+/t39-,40-,43+,44?,45?,46-/m1/s1. The van der Waals surface area contributed by atoms with Gasteiger partial charge in [-0.25, -0.2) is 0 Å². The number of aliphatic hydroxyl groups excluding tert-OH is 4. The summed E-state index contributed by atoms with van der Waals surface area (Å²) in [5.41, 5.74) is 0. The molecule has 0 aliphatic carbocycles. The van der Waals surface area contributed by atoms with E-state index in [1.165, 1.54) is 70.6 Å². The number of allylic oxidation sites excluding steroid dienone is 8. The van der Waals surface area contributed by atoms with Crippen LogP contribution in [0.1, 0.15) is 174 Å². The molecule has 2 unspecified atom stereocenters. The van der Waals surface area contributed by atoms with Crippen LogP contribution in [0, 0.1) is 0 Å². The van der Waals surface area contributed by atoms with Crippen molar-refractivity contribution in [3.63, 3.8) is 0 Å². The monoisotopic (exact) mass is 793 g/mol. The van der Waals surface area contributed by atoms with Gasteiger partial charge in [-0.15, -0.1) is 0 Å². The van der Waals surface area contributed by atoms with Gasteiger partial charge in [-0.1, -0.05) is 146 Å². The average Bonchev–Trinajstić information content (AvgIpc) is 3.19. The van der Waals surface area contributed by atoms with Crippen LogP contribution in [0.2, 0.25) is 0 Å². The normalized spacial score (nSPS) is 20.9. The van der Waals surface area contributed by atoms with E-state index in [0.717, 1.165) is 64.2 Å². The Morgan fingerprint density at radius 2 is 1.04 bits per heavy atom. The van der Waals surface area contributed by atoms with Crippen molar-refractivity contribution < 1.29 is 49.0 Å². The largest absolute Gasteiger partial charge is 0.462 e. The minimum absolute atomic E-state index is 0.162. The van der Waals surface area contributed by atoms with Crippen molar-refractivity contribution in [2.45, 2.75) is 211 Å². The highest BCUT2D eigenvalue weighted by Crippen LogP contribution is 2.22. The Morgan fingerprint density at radius 1 is 0.554 bits per heavy atom. The highest BCUT2D eigenvalue weighted by Gasteiger charge is 2.44. The Labute approximate surface area is 339 Å². The fourth-order valence-electron chi connectivity index (χ4n) is 6.36. The number of esters is 2. The second kappa shape index (κ2) is 37.0. The average molecular weight is 793 g/mol. The minimum atomic E-state index is -1.60. The summed E-state index contributed by atoms with van der Waals surface area (Å²) in [6, 6.07) is 0. The van der Waals surface area contributed by atoms with Crippen LogP contribution in [0.5, 0.6) is 0 Å². The summed E-state index contributed by atoms with van der Waals surface area (Å²) in [7, 11) is 0. The predicted octanol–water partition coefficient (Wildman–Crippen LogP) is 9.28. The van der Waals surface area contributed by atoms with Crippen LogP contribution in [0.25, 0.3) is 0 Å². The summed E-state index contributed by atoms with van der Waals surface area (Å²) in [4.78, 5) is 25.3. The lowest BCUT2D eigenvalue weighted by Gasteiger charge is -2.39. The first-order valence-corrected chi connectivity index (χ1v) is 22.2. The van der Waals surface area contributed by atoms with Crippen molar-refractivity contribution in [3.05, 3.63) is 48.6 Å². The number of carbonyl (C=O) groups is 2. The zero-order valence-electron chi connectivity index (χ0n) is 35.1. The molecule has 10 nitrogen and oxygen atoms in total. The topological polar surface area (TPSA) is 152 Å². The van der Waals surface area contributed by atoms with Crippen LogP contribution in [0.4, 0.5) is 0 Å².